The summed E-state index contributed by atoms with van der Waals surface area (Å²) >= 11 is 13.5. The van der Waals surface area contributed by atoms with Gasteiger partial charge in [0.15, 0.2) is 0 Å². The molecule has 0 aliphatic rings. The maximum Gasteiger partial charge on any atom is 0.143 e. The molecule has 0 radical (unpaired) electrons. The first kappa shape index (κ1) is 27.1. The first-order chi connectivity index (χ1) is 12.7. The van der Waals surface area contributed by atoms with E-state index in [1.165, 1.54) is 51.4 Å². The second-order valence-electron chi connectivity index (χ2n) is 8.00. The zero-order valence-corrected chi connectivity index (χ0v) is 21.5. The van der Waals surface area contributed by atoms with E-state index in [2.05, 4.69) is 65.2 Å². The van der Waals surface area contributed by atoms with Gasteiger partial charge < -0.3 is 9.80 Å². The van der Waals surface area contributed by atoms with Crippen LogP contribution in [0.2, 0.25) is 0 Å². The zero-order chi connectivity index (χ0) is 21.0. The Morgan fingerprint density at radius 2 is 0.815 bits per heavy atom. The highest BCUT2D eigenvalue weighted by atomic mass is 32.2. The Morgan fingerprint density at radius 1 is 0.593 bits per heavy atom. The van der Waals surface area contributed by atoms with Crippen LogP contribution in [0.4, 0.5) is 0 Å². The van der Waals surface area contributed by atoms with E-state index in [-0.39, 0.29) is 0 Å². The van der Waals surface area contributed by atoms with E-state index in [1.54, 1.807) is 11.8 Å². The Balaban J connectivity index is 5.35. The second-order valence-corrected chi connectivity index (χ2v) is 10.3. The van der Waals surface area contributed by atoms with Crippen molar-refractivity contribution in [3.8, 4) is 0 Å². The number of hydrogen-bond donors (Lipinski definition) is 0. The summed E-state index contributed by atoms with van der Waals surface area (Å²) < 4.78 is 1.92. The van der Waals surface area contributed by atoms with Gasteiger partial charge in [0.25, 0.3) is 0 Å². The molecule has 0 amide bonds. The maximum absolute atomic E-state index is 5.93. The first-order valence-corrected chi connectivity index (χ1v) is 12.7. The minimum atomic E-state index is 0.467. The molecule has 0 heterocycles. The van der Waals surface area contributed by atoms with Gasteiger partial charge in [-0.1, -0.05) is 77.8 Å². The van der Waals surface area contributed by atoms with Crippen molar-refractivity contribution >= 4 is 44.8 Å². The molecule has 4 unspecified atom stereocenters. The molecule has 0 bridgehead atoms. The fourth-order valence-corrected chi connectivity index (χ4v) is 6.43. The van der Waals surface area contributed by atoms with Crippen molar-refractivity contribution in [3.05, 3.63) is 0 Å². The third-order valence-electron chi connectivity index (χ3n) is 5.32. The fourth-order valence-electron chi connectivity index (χ4n) is 4.00. The van der Waals surface area contributed by atoms with Crippen molar-refractivity contribution in [1.29, 1.82) is 0 Å². The molecular weight excluding hydrogens is 388 g/mol. The van der Waals surface area contributed by atoms with Crippen LogP contribution in [-0.2, 0) is 0 Å². The summed E-state index contributed by atoms with van der Waals surface area (Å²) in [5.41, 5.74) is 0. The lowest BCUT2D eigenvalue weighted by atomic mass is 10.1. The van der Waals surface area contributed by atoms with Crippen LogP contribution in [0.1, 0.15) is 107 Å². The molecule has 160 valence electrons. The molecule has 0 aliphatic carbocycles. The van der Waals surface area contributed by atoms with Gasteiger partial charge in [0, 0.05) is 24.2 Å². The van der Waals surface area contributed by atoms with Gasteiger partial charge in [-0.05, 0) is 65.1 Å². The quantitative estimate of drug-likeness (QED) is 0.291. The maximum atomic E-state index is 5.93. The molecule has 0 aromatic rings. The van der Waals surface area contributed by atoms with Gasteiger partial charge in [-0.3, -0.25) is 0 Å². The van der Waals surface area contributed by atoms with E-state index >= 15 is 0 Å². The Hall–Kier alpha value is 0.130. The molecule has 0 saturated heterocycles. The third kappa shape index (κ3) is 9.45. The molecule has 4 atom stereocenters. The molecule has 0 spiro atoms. The predicted molar refractivity (Wildman–Crippen MR) is 134 cm³/mol. The second kappa shape index (κ2) is 15.0. The summed E-state index contributed by atoms with van der Waals surface area (Å²) in [6.07, 6.45) is 9.41. The lowest BCUT2D eigenvalue weighted by Crippen LogP contribution is -2.46. The Bertz CT molecular complexity index is 366. The molecule has 0 aromatic heterocycles. The molecule has 0 aromatic carbocycles. The number of nitrogens with zero attached hydrogens (tertiary/aromatic N) is 2. The molecular formula is C22H44N2S3. The highest BCUT2D eigenvalue weighted by Crippen LogP contribution is 2.27. The van der Waals surface area contributed by atoms with Crippen LogP contribution in [0.25, 0.3) is 0 Å². The lowest BCUT2D eigenvalue weighted by molar-refractivity contribution is 0.245. The highest BCUT2D eigenvalue weighted by molar-refractivity contribution is 8.37. The minimum absolute atomic E-state index is 0.467. The summed E-state index contributed by atoms with van der Waals surface area (Å²) in [6.45, 7) is 18.2. The van der Waals surface area contributed by atoms with E-state index in [9.17, 15) is 0 Å². The van der Waals surface area contributed by atoms with E-state index in [1.807, 2.05) is 0 Å². The molecule has 2 nitrogen and oxygen atoms in total. The van der Waals surface area contributed by atoms with Gasteiger partial charge in [-0.25, -0.2) is 0 Å². The monoisotopic (exact) mass is 432 g/mol. The molecule has 0 aliphatic heterocycles. The van der Waals surface area contributed by atoms with Gasteiger partial charge in [0.2, 0.25) is 0 Å². The Labute approximate surface area is 185 Å². The average Bonchev–Trinajstić information content (AvgIpc) is 2.55. The van der Waals surface area contributed by atoms with Crippen LogP contribution in [0, 0.1) is 0 Å². The van der Waals surface area contributed by atoms with E-state index < -0.39 is 0 Å². The smallest absolute Gasteiger partial charge is 0.143 e. The predicted octanol–water partition coefficient (Wildman–Crippen LogP) is 7.65. The molecule has 0 rings (SSSR count). The Kier molecular flexibility index (Phi) is 15.1. The van der Waals surface area contributed by atoms with Gasteiger partial charge in [-0.2, -0.15) is 0 Å². The van der Waals surface area contributed by atoms with Crippen LogP contribution < -0.4 is 0 Å². The minimum Gasteiger partial charge on any atom is -0.352 e. The first-order valence-electron chi connectivity index (χ1n) is 11.1. The van der Waals surface area contributed by atoms with Crippen molar-refractivity contribution < 1.29 is 0 Å². The SMILES string of the molecule is CCCC(C)N(C(=S)SC(=S)N(C(C)CCC)C(C)CCC)C(C)CCC. The van der Waals surface area contributed by atoms with Crippen molar-refractivity contribution in [3.63, 3.8) is 0 Å². The van der Waals surface area contributed by atoms with Crippen LogP contribution in [0.3, 0.4) is 0 Å². The van der Waals surface area contributed by atoms with Gasteiger partial charge >= 0.3 is 0 Å². The van der Waals surface area contributed by atoms with Crippen molar-refractivity contribution in [2.75, 3.05) is 0 Å². The number of rotatable bonds is 12. The van der Waals surface area contributed by atoms with Gasteiger partial charge in [0.1, 0.15) is 8.64 Å². The summed E-state index contributed by atoms with van der Waals surface area (Å²) in [7, 11) is 0. The fraction of sp³-hybridized carbons (Fsp3) is 0.909. The number of hydrogen-bond acceptors (Lipinski definition) is 3. The van der Waals surface area contributed by atoms with E-state index in [0.29, 0.717) is 24.2 Å². The topological polar surface area (TPSA) is 6.48 Å². The Morgan fingerprint density at radius 3 is 1.00 bits per heavy atom. The zero-order valence-electron chi connectivity index (χ0n) is 19.1. The van der Waals surface area contributed by atoms with Crippen molar-refractivity contribution in [1.82, 2.24) is 9.80 Å². The molecule has 5 heteroatoms. The third-order valence-corrected chi connectivity index (χ3v) is 7.01. The van der Waals surface area contributed by atoms with Crippen LogP contribution in [0.15, 0.2) is 0 Å². The largest absolute Gasteiger partial charge is 0.352 e. The molecule has 0 fully saturated rings. The van der Waals surface area contributed by atoms with Crippen LogP contribution in [0.5, 0.6) is 0 Å². The van der Waals surface area contributed by atoms with E-state index in [4.69, 9.17) is 24.4 Å². The standard InChI is InChI=1S/C22H44N2S3/c1-9-13-17(5)23(18(6)14-10-2)21(25)27-22(26)24(19(7)15-11-3)20(8)16-12-4/h17-20H,9-16H2,1-8H3. The molecule has 0 N–H and O–H groups in total. The number of thiocarbonyl (C=S) groups is 2. The van der Waals surface area contributed by atoms with Gasteiger partial charge in [-0.15, -0.1) is 0 Å². The number of thioether (sulfide) groups is 1. The van der Waals surface area contributed by atoms with Gasteiger partial charge in [0.05, 0.1) is 0 Å². The van der Waals surface area contributed by atoms with Crippen molar-refractivity contribution in [2.45, 2.75) is 131 Å². The summed E-state index contributed by atoms with van der Waals surface area (Å²) in [5, 5.41) is 0. The lowest BCUT2D eigenvalue weighted by Gasteiger charge is -2.40. The summed E-state index contributed by atoms with van der Waals surface area (Å²) in [4.78, 5) is 4.90. The van der Waals surface area contributed by atoms with E-state index in [0.717, 1.165) is 8.64 Å². The molecule has 27 heavy (non-hydrogen) atoms. The highest BCUT2D eigenvalue weighted by Gasteiger charge is 2.27. The van der Waals surface area contributed by atoms with Crippen LogP contribution >= 0.6 is 36.2 Å². The molecule has 0 saturated carbocycles. The average molecular weight is 433 g/mol. The normalized spacial score (nSPS) is 15.7. The summed E-state index contributed by atoms with van der Waals surface area (Å²) in [5.74, 6) is 0. The summed E-state index contributed by atoms with van der Waals surface area (Å²) in [6, 6.07) is 1.87. The van der Waals surface area contributed by atoms with Crippen LogP contribution in [-0.4, -0.2) is 42.6 Å². The van der Waals surface area contributed by atoms with Crippen molar-refractivity contribution in [2.24, 2.45) is 0 Å².